The van der Waals surface area contributed by atoms with Gasteiger partial charge >= 0.3 is 12.1 Å². The third-order valence-corrected chi connectivity index (χ3v) is 4.54. The van der Waals surface area contributed by atoms with Gasteiger partial charge in [0.05, 0.1) is 17.9 Å². The first-order chi connectivity index (χ1) is 12.4. The highest BCUT2D eigenvalue weighted by atomic mass is 19.4. The molecule has 0 saturated heterocycles. The van der Waals surface area contributed by atoms with E-state index in [-0.39, 0.29) is 18.3 Å². The molecule has 0 amide bonds. The minimum atomic E-state index is -4.45. The van der Waals surface area contributed by atoms with Gasteiger partial charge in [-0.25, -0.2) is 14.5 Å². The predicted molar refractivity (Wildman–Crippen MR) is 88.1 cm³/mol. The zero-order valence-electron chi connectivity index (χ0n) is 14.4. The van der Waals surface area contributed by atoms with Crippen molar-refractivity contribution in [1.29, 1.82) is 0 Å². The summed E-state index contributed by atoms with van der Waals surface area (Å²) in [5.74, 6) is -0.0873. The normalized spacial score (nSPS) is 15.8. The van der Waals surface area contributed by atoms with Crippen LogP contribution in [-0.2, 0) is 10.9 Å². The number of rotatable bonds is 4. The van der Waals surface area contributed by atoms with Gasteiger partial charge in [-0.1, -0.05) is 19.3 Å². The van der Waals surface area contributed by atoms with E-state index in [0.717, 1.165) is 44.4 Å². The molecule has 1 aliphatic rings. The largest absolute Gasteiger partial charge is 0.462 e. The fraction of sp³-hybridized carbons (Fsp3) is 0.500. The molecule has 2 aromatic rings. The number of nitrogens with zero attached hydrogens (tertiary/aromatic N) is 3. The van der Waals surface area contributed by atoms with Crippen LogP contribution in [0.1, 0.15) is 66.6 Å². The minimum Gasteiger partial charge on any atom is -0.462 e. The second-order valence-corrected chi connectivity index (χ2v) is 6.33. The fourth-order valence-corrected chi connectivity index (χ4v) is 3.24. The molecule has 1 aliphatic carbocycles. The molecule has 5 nitrogen and oxygen atoms in total. The van der Waals surface area contributed by atoms with Crippen LogP contribution in [0.25, 0.3) is 5.82 Å². The molecule has 0 N–H and O–H groups in total. The van der Waals surface area contributed by atoms with Crippen molar-refractivity contribution < 1.29 is 22.7 Å². The van der Waals surface area contributed by atoms with Gasteiger partial charge in [0.2, 0.25) is 0 Å². The average molecular weight is 367 g/mol. The van der Waals surface area contributed by atoms with E-state index in [4.69, 9.17) is 4.74 Å². The molecular formula is C18H20F3N3O2. The number of esters is 1. The Morgan fingerprint density at radius 3 is 2.58 bits per heavy atom. The molecule has 0 aromatic carbocycles. The van der Waals surface area contributed by atoms with E-state index in [2.05, 4.69) is 10.1 Å². The van der Waals surface area contributed by atoms with Crippen molar-refractivity contribution in [2.45, 2.75) is 51.1 Å². The van der Waals surface area contributed by atoms with Crippen molar-refractivity contribution >= 4 is 5.97 Å². The van der Waals surface area contributed by atoms with Crippen LogP contribution in [0.3, 0.4) is 0 Å². The summed E-state index contributed by atoms with van der Waals surface area (Å²) in [6, 6.07) is 2.20. The van der Waals surface area contributed by atoms with Gasteiger partial charge in [-0.15, -0.1) is 0 Å². The Kier molecular flexibility index (Phi) is 5.29. The molecule has 0 aliphatic heterocycles. The van der Waals surface area contributed by atoms with Crippen LogP contribution < -0.4 is 0 Å². The molecule has 2 heterocycles. The van der Waals surface area contributed by atoms with E-state index >= 15 is 0 Å². The van der Waals surface area contributed by atoms with E-state index in [1.807, 2.05) is 0 Å². The lowest BCUT2D eigenvalue weighted by atomic mass is 9.85. The number of ether oxygens (including phenoxy) is 1. The molecule has 140 valence electrons. The van der Waals surface area contributed by atoms with Gasteiger partial charge in [-0.2, -0.15) is 18.3 Å². The fourth-order valence-electron chi connectivity index (χ4n) is 3.24. The number of alkyl halides is 3. The molecule has 3 rings (SSSR count). The van der Waals surface area contributed by atoms with Crippen LogP contribution >= 0.6 is 0 Å². The summed E-state index contributed by atoms with van der Waals surface area (Å²) >= 11 is 0. The summed E-state index contributed by atoms with van der Waals surface area (Å²) in [5.41, 5.74) is 0.178. The Bertz CT molecular complexity index is 763. The van der Waals surface area contributed by atoms with Crippen LogP contribution in [0.5, 0.6) is 0 Å². The van der Waals surface area contributed by atoms with Crippen LogP contribution in [0.4, 0.5) is 13.2 Å². The smallest absolute Gasteiger partial charge is 0.417 e. The maximum absolute atomic E-state index is 12.7. The van der Waals surface area contributed by atoms with Gasteiger partial charge in [-0.3, -0.25) is 0 Å². The second-order valence-electron chi connectivity index (χ2n) is 6.33. The van der Waals surface area contributed by atoms with E-state index in [1.165, 1.54) is 16.9 Å². The Morgan fingerprint density at radius 2 is 2.00 bits per heavy atom. The zero-order valence-corrected chi connectivity index (χ0v) is 14.4. The molecule has 0 radical (unpaired) electrons. The van der Waals surface area contributed by atoms with E-state index < -0.39 is 17.7 Å². The quantitative estimate of drug-likeness (QED) is 0.746. The van der Waals surface area contributed by atoms with Crippen molar-refractivity contribution in [3.63, 3.8) is 0 Å². The number of aromatic nitrogens is 3. The van der Waals surface area contributed by atoms with Crippen molar-refractivity contribution in [2.75, 3.05) is 6.61 Å². The molecule has 8 heteroatoms. The van der Waals surface area contributed by atoms with Crippen LogP contribution in [0.2, 0.25) is 0 Å². The predicted octanol–water partition coefficient (Wildman–Crippen LogP) is 4.51. The lowest BCUT2D eigenvalue weighted by Gasteiger charge is -2.20. The molecule has 0 atom stereocenters. The molecule has 26 heavy (non-hydrogen) atoms. The van der Waals surface area contributed by atoms with Crippen molar-refractivity contribution in [3.05, 3.63) is 41.3 Å². The highest BCUT2D eigenvalue weighted by molar-refractivity contribution is 5.90. The number of carbonyl (C=O) groups excluding carboxylic acids is 1. The molecule has 0 spiro atoms. The van der Waals surface area contributed by atoms with Gasteiger partial charge < -0.3 is 4.74 Å². The minimum absolute atomic E-state index is 0.152. The third-order valence-electron chi connectivity index (χ3n) is 4.54. The Balaban J connectivity index is 1.95. The summed E-state index contributed by atoms with van der Waals surface area (Å²) in [5, 5.41) is 4.47. The Morgan fingerprint density at radius 1 is 1.27 bits per heavy atom. The Labute approximate surface area is 149 Å². The standard InChI is InChI=1S/C18H20F3N3O2/c1-2-26-17(25)14-11-24(23-16(14)12-6-4-3-5-7-12)15-9-8-13(10-22-15)18(19,20)21/h8-12H,2-7H2,1H3. The van der Waals surface area contributed by atoms with E-state index in [0.29, 0.717) is 11.3 Å². The summed E-state index contributed by atoms with van der Waals surface area (Å²) < 4.78 is 44.6. The summed E-state index contributed by atoms with van der Waals surface area (Å²) in [6.45, 7) is 1.96. The maximum Gasteiger partial charge on any atom is 0.417 e. The van der Waals surface area contributed by atoms with Crippen molar-refractivity contribution in [1.82, 2.24) is 14.8 Å². The lowest BCUT2D eigenvalue weighted by Crippen LogP contribution is -2.12. The number of hydrogen-bond donors (Lipinski definition) is 0. The number of pyridine rings is 1. The lowest BCUT2D eigenvalue weighted by molar-refractivity contribution is -0.137. The first kappa shape index (κ1) is 18.4. The van der Waals surface area contributed by atoms with Gasteiger partial charge in [-0.05, 0) is 31.9 Å². The SMILES string of the molecule is CCOC(=O)c1cn(-c2ccc(C(F)(F)F)cn2)nc1C1CCCCC1. The van der Waals surface area contributed by atoms with Gasteiger partial charge in [0.25, 0.3) is 0 Å². The van der Waals surface area contributed by atoms with Crippen molar-refractivity contribution in [2.24, 2.45) is 0 Å². The van der Waals surface area contributed by atoms with Crippen molar-refractivity contribution in [3.8, 4) is 5.82 Å². The molecule has 0 unspecified atom stereocenters. The maximum atomic E-state index is 12.7. The highest BCUT2D eigenvalue weighted by Gasteiger charge is 2.31. The molecular weight excluding hydrogens is 347 g/mol. The summed E-state index contributed by atoms with van der Waals surface area (Å²) in [4.78, 5) is 16.1. The summed E-state index contributed by atoms with van der Waals surface area (Å²) in [6.07, 6.45) is 2.98. The van der Waals surface area contributed by atoms with Gasteiger partial charge in [0, 0.05) is 18.3 Å². The second kappa shape index (κ2) is 7.47. The molecule has 1 fully saturated rings. The van der Waals surface area contributed by atoms with E-state index in [9.17, 15) is 18.0 Å². The zero-order chi connectivity index (χ0) is 18.7. The summed E-state index contributed by atoms with van der Waals surface area (Å²) in [7, 11) is 0. The topological polar surface area (TPSA) is 57.0 Å². The highest BCUT2D eigenvalue weighted by Crippen LogP contribution is 2.34. The van der Waals surface area contributed by atoms with Crippen LogP contribution in [0.15, 0.2) is 24.5 Å². The third kappa shape index (κ3) is 3.89. The first-order valence-electron chi connectivity index (χ1n) is 8.70. The number of hydrogen-bond acceptors (Lipinski definition) is 4. The monoisotopic (exact) mass is 367 g/mol. The van der Waals surface area contributed by atoms with Gasteiger partial charge in [0.15, 0.2) is 5.82 Å². The van der Waals surface area contributed by atoms with Crippen LogP contribution in [-0.4, -0.2) is 27.3 Å². The molecule has 0 bridgehead atoms. The number of halogens is 3. The van der Waals surface area contributed by atoms with Crippen LogP contribution in [0, 0.1) is 0 Å². The van der Waals surface area contributed by atoms with E-state index in [1.54, 1.807) is 6.92 Å². The first-order valence-corrected chi connectivity index (χ1v) is 8.70. The molecule has 1 saturated carbocycles. The number of carbonyl (C=O) groups is 1. The molecule has 2 aromatic heterocycles. The average Bonchev–Trinajstić information content (AvgIpc) is 3.07. The van der Waals surface area contributed by atoms with Gasteiger partial charge in [0.1, 0.15) is 5.56 Å². The Hall–Kier alpha value is -2.38.